The van der Waals surface area contributed by atoms with E-state index in [0.29, 0.717) is 17.0 Å². The molecule has 0 saturated carbocycles. The standard InChI is InChI=1S/C17H23N7O2S2/c1-17(2,3)6-9(12(18)25)22-10-7-21-11(13(19)26)15(23-10)24-16(27)8-4-5-28-14(8)20/h4-5,7,9H,6,20H2,1-3H3,(H2,18,25)(H2,19,26)(H2,22,23,24,27)/t9-/m1/s1. The first-order valence-electron chi connectivity index (χ1n) is 8.35. The number of thiocarbonyl (C=S) groups is 1. The summed E-state index contributed by atoms with van der Waals surface area (Å²) < 4.78 is 0. The molecule has 8 N–H and O–H groups in total. The van der Waals surface area contributed by atoms with Crippen LogP contribution in [0.15, 0.2) is 17.6 Å². The molecule has 0 fully saturated rings. The van der Waals surface area contributed by atoms with E-state index in [0.717, 1.165) is 0 Å². The molecule has 0 bridgehead atoms. The Morgan fingerprint density at radius 3 is 2.50 bits per heavy atom. The number of anilines is 3. The van der Waals surface area contributed by atoms with Crippen LogP contribution in [0.4, 0.5) is 16.6 Å². The van der Waals surface area contributed by atoms with E-state index in [2.05, 4.69) is 20.6 Å². The summed E-state index contributed by atoms with van der Waals surface area (Å²) in [6.45, 7) is 5.97. The van der Waals surface area contributed by atoms with E-state index in [9.17, 15) is 9.59 Å². The van der Waals surface area contributed by atoms with Crippen molar-refractivity contribution in [3.8, 4) is 0 Å². The van der Waals surface area contributed by atoms with Crippen molar-refractivity contribution in [2.45, 2.75) is 33.2 Å². The molecule has 0 spiro atoms. The maximum atomic E-state index is 11.8. The van der Waals surface area contributed by atoms with E-state index in [1.807, 2.05) is 20.8 Å². The van der Waals surface area contributed by atoms with Gasteiger partial charge in [0.15, 0.2) is 11.5 Å². The Morgan fingerprint density at radius 2 is 2.00 bits per heavy atom. The molecule has 0 aliphatic carbocycles. The number of amides is 2. The van der Waals surface area contributed by atoms with Crippen LogP contribution in [-0.2, 0) is 4.79 Å². The maximum Gasteiger partial charge on any atom is 0.271 e. The van der Waals surface area contributed by atoms with Gasteiger partial charge < -0.3 is 27.8 Å². The lowest BCUT2D eigenvalue weighted by atomic mass is 9.88. The molecule has 1 atom stereocenters. The predicted molar refractivity (Wildman–Crippen MR) is 115 cm³/mol. The largest absolute Gasteiger partial charge is 0.390 e. The van der Waals surface area contributed by atoms with Gasteiger partial charge in [-0.25, -0.2) is 9.97 Å². The zero-order valence-corrected chi connectivity index (χ0v) is 17.4. The minimum Gasteiger partial charge on any atom is -0.390 e. The van der Waals surface area contributed by atoms with Crippen molar-refractivity contribution in [3.63, 3.8) is 0 Å². The van der Waals surface area contributed by atoms with Gasteiger partial charge >= 0.3 is 0 Å². The second kappa shape index (κ2) is 8.48. The van der Waals surface area contributed by atoms with Gasteiger partial charge in [0.05, 0.1) is 11.2 Å². The first-order valence-corrected chi connectivity index (χ1v) is 9.63. The van der Waals surface area contributed by atoms with Gasteiger partial charge in [-0.1, -0.05) is 33.0 Å². The van der Waals surface area contributed by atoms with Crippen LogP contribution in [0.25, 0.3) is 0 Å². The Bertz CT molecular complexity index is 905. The van der Waals surface area contributed by atoms with Gasteiger partial charge in [0, 0.05) is 5.56 Å². The van der Waals surface area contributed by atoms with Crippen LogP contribution in [0, 0.1) is 5.41 Å². The summed E-state index contributed by atoms with van der Waals surface area (Å²) in [6.07, 6.45) is 1.79. The Balaban J connectivity index is 2.32. The van der Waals surface area contributed by atoms with Crippen molar-refractivity contribution in [3.05, 3.63) is 28.9 Å². The first kappa shape index (κ1) is 21.5. The zero-order valence-electron chi connectivity index (χ0n) is 15.8. The first-order chi connectivity index (χ1) is 13.0. The molecule has 0 aromatic carbocycles. The van der Waals surface area contributed by atoms with Crippen molar-refractivity contribution in [2.24, 2.45) is 16.9 Å². The SMILES string of the molecule is CC(C)(C)C[C@@H](Nc1cnc(C(N)=O)c(NC(=S)c2ccsc2N)n1)C(N)=O. The second-order valence-electron chi connectivity index (χ2n) is 7.33. The molecule has 2 aromatic heterocycles. The number of nitrogens with one attached hydrogen (secondary N) is 2. The summed E-state index contributed by atoms with van der Waals surface area (Å²) in [5.74, 6) is -0.982. The number of primary amides is 2. The number of nitrogens with two attached hydrogens (primary N) is 3. The fourth-order valence-electron chi connectivity index (χ4n) is 2.42. The Hall–Kier alpha value is -2.79. The molecule has 2 aromatic rings. The highest BCUT2D eigenvalue weighted by molar-refractivity contribution is 7.81. The average Bonchev–Trinajstić information content (AvgIpc) is 2.99. The highest BCUT2D eigenvalue weighted by Crippen LogP contribution is 2.24. The normalized spacial score (nSPS) is 12.2. The van der Waals surface area contributed by atoms with Crippen molar-refractivity contribution in [1.29, 1.82) is 0 Å². The molecule has 150 valence electrons. The third-order valence-corrected chi connectivity index (χ3v) is 4.73. The van der Waals surface area contributed by atoms with Crippen LogP contribution >= 0.6 is 23.6 Å². The number of thiophene rings is 1. The van der Waals surface area contributed by atoms with Gasteiger partial charge in [-0.15, -0.1) is 11.3 Å². The van der Waals surface area contributed by atoms with Crippen LogP contribution in [-0.4, -0.2) is 32.8 Å². The Morgan fingerprint density at radius 1 is 1.32 bits per heavy atom. The van der Waals surface area contributed by atoms with Gasteiger partial charge in [0.2, 0.25) is 5.91 Å². The lowest BCUT2D eigenvalue weighted by Gasteiger charge is -2.25. The smallest absolute Gasteiger partial charge is 0.271 e. The number of rotatable bonds is 7. The van der Waals surface area contributed by atoms with E-state index in [4.69, 9.17) is 29.4 Å². The maximum absolute atomic E-state index is 11.8. The summed E-state index contributed by atoms with van der Waals surface area (Å²) >= 11 is 6.67. The van der Waals surface area contributed by atoms with Gasteiger partial charge in [0.1, 0.15) is 16.8 Å². The Labute approximate surface area is 172 Å². The van der Waals surface area contributed by atoms with Crippen LogP contribution in [0.3, 0.4) is 0 Å². The van der Waals surface area contributed by atoms with Crippen LogP contribution < -0.4 is 27.8 Å². The number of nitrogen functional groups attached to an aromatic ring is 1. The lowest BCUT2D eigenvalue weighted by molar-refractivity contribution is -0.119. The summed E-state index contributed by atoms with van der Waals surface area (Å²) in [6, 6.07) is 1.09. The van der Waals surface area contributed by atoms with E-state index in [1.54, 1.807) is 11.4 Å². The topological polar surface area (TPSA) is 162 Å². The van der Waals surface area contributed by atoms with Crippen LogP contribution in [0.2, 0.25) is 0 Å². The van der Waals surface area contributed by atoms with E-state index < -0.39 is 17.9 Å². The molecule has 0 radical (unpaired) electrons. The molecule has 11 heteroatoms. The lowest BCUT2D eigenvalue weighted by Crippen LogP contribution is -2.38. The fraction of sp³-hybridized carbons (Fsp3) is 0.353. The van der Waals surface area contributed by atoms with Crippen molar-refractivity contribution >= 4 is 57.0 Å². The van der Waals surface area contributed by atoms with E-state index in [1.165, 1.54) is 17.5 Å². The molecule has 9 nitrogen and oxygen atoms in total. The summed E-state index contributed by atoms with van der Waals surface area (Å²) in [7, 11) is 0. The molecular weight excluding hydrogens is 398 g/mol. The number of aromatic nitrogens is 2. The molecule has 28 heavy (non-hydrogen) atoms. The fourth-order valence-corrected chi connectivity index (χ4v) is 3.41. The molecular formula is C17H23N7O2S2. The highest BCUT2D eigenvalue weighted by atomic mass is 32.1. The second-order valence-corrected chi connectivity index (χ2v) is 8.69. The summed E-state index contributed by atoms with van der Waals surface area (Å²) in [5.41, 5.74) is 17.1. The number of carbonyl (C=O) groups is 2. The number of nitrogens with zero attached hydrogens (tertiary/aromatic N) is 2. The number of carbonyl (C=O) groups excluding carboxylic acids is 2. The minimum absolute atomic E-state index is 0.0621. The average molecular weight is 422 g/mol. The molecule has 2 rings (SSSR count). The monoisotopic (exact) mass is 421 g/mol. The number of hydrogen-bond donors (Lipinski definition) is 5. The van der Waals surface area contributed by atoms with Gasteiger partial charge in [-0.3, -0.25) is 9.59 Å². The van der Waals surface area contributed by atoms with E-state index >= 15 is 0 Å². The van der Waals surface area contributed by atoms with Gasteiger partial charge in [-0.05, 0) is 23.3 Å². The Kier molecular flexibility index (Phi) is 6.52. The molecule has 2 heterocycles. The van der Waals surface area contributed by atoms with Crippen molar-refractivity contribution in [2.75, 3.05) is 16.4 Å². The zero-order chi connectivity index (χ0) is 21.1. The van der Waals surface area contributed by atoms with Crippen LogP contribution in [0.1, 0.15) is 43.2 Å². The number of hydrogen-bond acceptors (Lipinski definition) is 8. The molecule has 0 saturated heterocycles. The van der Waals surface area contributed by atoms with Crippen molar-refractivity contribution < 1.29 is 9.59 Å². The highest BCUT2D eigenvalue weighted by Gasteiger charge is 2.24. The third kappa shape index (κ3) is 5.60. The van der Waals surface area contributed by atoms with Crippen molar-refractivity contribution in [1.82, 2.24) is 9.97 Å². The quantitative estimate of drug-likeness (QED) is 0.422. The molecule has 0 aliphatic rings. The van der Waals surface area contributed by atoms with Gasteiger partial charge in [0.25, 0.3) is 5.91 Å². The molecule has 0 aliphatic heterocycles. The predicted octanol–water partition coefficient (Wildman–Crippen LogP) is 1.71. The molecule has 2 amide bonds. The van der Waals surface area contributed by atoms with Crippen LogP contribution in [0.5, 0.6) is 0 Å². The summed E-state index contributed by atoms with van der Waals surface area (Å²) in [4.78, 5) is 32.1. The van der Waals surface area contributed by atoms with Gasteiger partial charge in [-0.2, -0.15) is 0 Å². The third-order valence-electron chi connectivity index (χ3n) is 3.66. The molecule has 0 unspecified atom stereocenters. The summed E-state index contributed by atoms with van der Waals surface area (Å²) in [5, 5.41) is 8.13. The minimum atomic E-state index is -0.774. The van der Waals surface area contributed by atoms with E-state index in [-0.39, 0.29) is 27.7 Å².